The molecule has 0 unspecified atom stereocenters. The number of anilines is 2. The summed E-state index contributed by atoms with van der Waals surface area (Å²) in [5.74, 6) is -0.383. The van der Waals surface area contributed by atoms with E-state index in [0.717, 1.165) is 5.69 Å². The van der Waals surface area contributed by atoms with Gasteiger partial charge in [0.1, 0.15) is 5.82 Å². The number of halogens is 1. The monoisotopic (exact) mass is 140 g/mol. The topological polar surface area (TPSA) is 38.0 Å². The van der Waals surface area contributed by atoms with Crippen molar-refractivity contribution in [1.82, 2.24) is 0 Å². The molecule has 0 radical (unpaired) electrons. The Morgan fingerprint density at radius 3 is 2.70 bits per heavy atom. The Morgan fingerprint density at radius 2 is 2.20 bits per heavy atom. The van der Waals surface area contributed by atoms with E-state index in [0.29, 0.717) is 0 Å². The van der Waals surface area contributed by atoms with Crippen LogP contribution in [-0.2, 0) is 0 Å². The zero-order chi connectivity index (χ0) is 7.56. The molecule has 0 aliphatic rings. The van der Waals surface area contributed by atoms with Crippen molar-refractivity contribution >= 4 is 11.4 Å². The van der Waals surface area contributed by atoms with Gasteiger partial charge < -0.3 is 11.1 Å². The highest BCUT2D eigenvalue weighted by Crippen LogP contribution is 2.14. The Balaban J connectivity index is 3.04. The molecule has 0 amide bonds. The van der Waals surface area contributed by atoms with E-state index >= 15 is 0 Å². The minimum atomic E-state index is -0.383. The van der Waals surface area contributed by atoms with Gasteiger partial charge in [0.25, 0.3) is 0 Å². The van der Waals surface area contributed by atoms with E-state index in [1.807, 2.05) is 0 Å². The van der Waals surface area contributed by atoms with E-state index < -0.39 is 0 Å². The van der Waals surface area contributed by atoms with Gasteiger partial charge in [-0.25, -0.2) is 4.39 Å². The van der Waals surface area contributed by atoms with Crippen molar-refractivity contribution in [2.75, 3.05) is 18.1 Å². The fourth-order valence-electron chi connectivity index (χ4n) is 0.683. The predicted octanol–water partition coefficient (Wildman–Crippen LogP) is 1.45. The third-order valence-corrected chi connectivity index (χ3v) is 1.29. The molecule has 1 rings (SSSR count). The molecule has 0 atom stereocenters. The van der Waals surface area contributed by atoms with Gasteiger partial charge in [0.2, 0.25) is 0 Å². The first kappa shape index (κ1) is 6.86. The summed E-state index contributed by atoms with van der Waals surface area (Å²) in [5, 5.41) is 2.80. The first-order valence-corrected chi connectivity index (χ1v) is 2.97. The van der Waals surface area contributed by atoms with Crippen molar-refractivity contribution < 1.29 is 4.39 Å². The van der Waals surface area contributed by atoms with Crippen LogP contribution in [0.2, 0.25) is 0 Å². The summed E-state index contributed by atoms with van der Waals surface area (Å²) < 4.78 is 12.6. The molecule has 0 saturated carbocycles. The van der Waals surface area contributed by atoms with E-state index in [4.69, 9.17) is 5.73 Å². The fourth-order valence-corrected chi connectivity index (χ4v) is 0.683. The smallest absolute Gasteiger partial charge is 0.148 e. The number of nitrogen functional groups attached to an aromatic ring is 1. The molecule has 10 heavy (non-hydrogen) atoms. The molecule has 0 heterocycles. The van der Waals surface area contributed by atoms with Crippen LogP contribution >= 0.6 is 0 Å². The molecule has 0 aliphatic carbocycles. The summed E-state index contributed by atoms with van der Waals surface area (Å²) in [5.41, 5.74) is 6.15. The van der Waals surface area contributed by atoms with Gasteiger partial charge in [-0.1, -0.05) is 0 Å². The molecule has 3 N–H and O–H groups in total. The highest BCUT2D eigenvalue weighted by atomic mass is 19.1. The summed E-state index contributed by atoms with van der Waals surface area (Å²) in [6.45, 7) is 0. The van der Waals surface area contributed by atoms with Crippen LogP contribution in [0.15, 0.2) is 18.2 Å². The molecule has 3 heteroatoms. The van der Waals surface area contributed by atoms with Crippen molar-refractivity contribution in [2.24, 2.45) is 0 Å². The first-order chi connectivity index (χ1) is 4.74. The molecule has 0 saturated heterocycles. The Kier molecular flexibility index (Phi) is 1.76. The van der Waals surface area contributed by atoms with Crippen molar-refractivity contribution in [3.8, 4) is 0 Å². The van der Waals surface area contributed by atoms with Crippen LogP contribution in [0.25, 0.3) is 0 Å². The summed E-state index contributed by atoms with van der Waals surface area (Å²) in [7, 11) is 1.73. The van der Waals surface area contributed by atoms with Gasteiger partial charge in [-0.15, -0.1) is 0 Å². The molecule has 0 aliphatic heterocycles. The maximum Gasteiger partial charge on any atom is 0.148 e. The van der Waals surface area contributed by atoms with E-state index in [2.05, 4.69) is 5.32 Å². The van der Waals surface area contributed by atoms with E-state index in [-0.39, 0.29) is 11.5 Å². The standard InChI is InChI=1S/C7H9FN2/c1-10-5-2-3-7(9)6(8)4-5/h2-4,10H,9H2,1H3. The summed E-state index contributed by atoms with van der Waals surface area (Å²) in [6.07, 6.45) is 0. The molecule has 1 aromatic carbocycles. The SMILES string of the molecule is CNc1ccc(N)c(F)c1. The van der Waals surface area contributed by atoms with Crippen LogP contribution < -0.4 is 11.1 Å². The Morgan fingerprint density at radius 1 is 1.50 bits per heavy atom. The fraction of sp³-hybridized carbons (Fsp3) is 0.143. The van der Waals surface area contributed by atoms with Crippen LogP contribution in [0.1, 0.15) is 0 Å². The maximum absolute atomic E-state index is 12.6. The molecule has 0 bridgehead atoms. The predicted molar refractivity (Wildman–Crippen MR) is 40.4 cm³/mol. The number of hydrogen-bond acceptors (Lipinski definition) is 2. The average Bonchev–Trinajstić information content (AvgIpc) is 1.95. The lowest BCUT2D eigenvalue weighted by molar-refractivity contribution is 0.633. The van der Waals surface area contributed by atoms with Crippen LogP contribution in [0, 0.1) is 5.82 Å². The minimum absolute atomic E-state index is 0.180. The third kappa shape index (κ3) is 1.18. The molecule has 0 aromatic heterocycles. The van der Waals surface area contributed by atoms with Crippen LogP contribution in [0.4, 0.5) is 15.8 Å². The Hall–Kier alpha value is -1.25. The van der Waals surface area contributed by atoms with Gasteiger partial charge in [-0.05, 0) is 18.2 Å². The largest absolute Gasteiger partial charge is 0.396 e. The van der Waals surface area contributed by atoms with Crippen LogP contribution in [0.3, 0.4) is 0 Å². The van der Waals surface area contributed by atoms with Crippen molar-refractivity contribution in [2.45, 2.75) is 0 Å². The Labute approximate surface area is 58.9 Å². The lowest BCUT2D eigenvalue weighted by Gasteiger charge is -2.00. The number of rotatable bonds is 1. The second kappa shape index (κ2) is 2.56. The van der Waals surface area contributed by atoms with Gasteiger partial charge >= 0.3 is 0 Å². The van der Waals surface area contributed by atoms with Gasteiger partial charge in [-0.2, -0.15) is 0 Å². The number of hydrogen-bond donors (Lipinski definition) is 2. The molecule has 2 nitrogen and oxygen atoms in total. The summed E-state index contributed by atoms with van der Waals surface area (Å²) in [4.78, 5) is 0. The number of nitrogens with two attached hydrogens (primary N) is 1. The van der Waals surface area contributed by atoms with Gasteiger partial charge in [0.05, 0.1) is 5.69 Å². The molecule has 1 aromatic rings. The zero-order valence-corrected chi connectivity index (χ0v) is 5.69. The van der Waals surface area contributed by atoms with E-state index in [1.54, 1.807) is 13.1 Å². The third-order valence-electron chi connectivity index (χ3n) is 1.29. The lowest BCUT2D eigenvalue weighted by atomic mass is 10.3. The van der Waals surface area contributed by atoms with Gasteiger partial charge in [0.15, 0.2) is 0 Å². The quantitative estimate of drug-likeness (QED) is 0.579. The first-order valence-electron chi connectivity index (χ1n) is 2.97. The average molecular weight is 140 g/mol. The normalized spacial score (nSPS) is 9.40. The van der Waals surface area contributed by atoms with Gasteiger partial charge in [0, 0.05) is 12.7 Å². The van der Waals surface area contributed by atoms with Crippen molar-refractivity contribution in [3.63, 3.8) is 0 Å². The van der Waals surface area contributed by atoms with Crippen molar-refractivity contribution in [3.05, 3.63) is 24.0 Å². The molecule has 0 fully saturated rings. The highest BCUT2D eigenvalue weighted by molar-refractivity contribution is 5.51. The maximum atomic E-state index is 12.6. The van der Waals surface area contributed by atoms with Gasteiger partial charge in [-0.3, -0.25) is 0 Å². The highest BCUT2D eigenvalue weighted by Gasteiger charge is 1.96. The molecule has 54 valence electrons. The number of nitrogens with one attached hydrogen (secondary N) is 1. The van der Waals surface area contributed by atoms with Crippen LogP contribution in [-0.4, -0.2) is 7.05 Å². The molecular formula is C7H9FN2. The van der Waals surface area contributed by atoms with Crippen LogP contribution in [0.5, 0.6) is 0 Å². The zero-order valence-electron chi connectivity index (χ0n) is 5.69. The second-order valence-electron chi connectivity index (χ2n) is 1.99. The second-order valence-corrected chi connectivity index (χ2v) is 1.99. The molecular weight excluding hydrogens is 131 g/mol. The Bertz CT molecular complexity index is 235. The molecule has 0 spiro atoms. The van der Waals surface area contributed by atoms with E-state index in [9.17, 15) is 4.39 Å². The summed E-state index contributed by atoms with van der Waals surface area (Å²) in [6, 6.07) is 4.61. The number of benzene rings is 1. The van der Waals surface area contributed by atoms with E-state index in [1.165, 1.54) is 12.1 Å². The van der Waals surface area contributed by atoms with Crippen molar-refractivity contribution in [1.29, 1.82) is 0 Å². The minimum Gasteiger partial charge on any atom is -0.396 e. The lowest BCUT2D eigenvalue weighted by Crippen LogP contribution is -1.93. The summed E-state index contributed by atoms with van der Waals surface area (Å²) >= 11 is 0.